The number of aryl methyl sites for hydroxylation is 2. The molecule has 0 amide bonds. The molecule has 1 aliphatic carbocycles. The molecule has 0 spiro atoms. The van der Waals surface area contributed by atoms with Gasteiger partial charge in [0.05, 0.1) is 11.4 Å². The lowest BCUT2D eigenvalue weighted by atomic mass is 10.0. The van der Waals surface area contributed by atoms with E-state index in [9.17, 15) is 0 Å². The Morgan fingerprint density at radius 2 is 2.22 bits per heavy atom. The number of aliphatic hydroxyl groups is 1. The summed E-state index contributed by atoms with van der Waals surface area (Å²) in [6.07, 6.45) is 5.23. The number of aliphatic hydroxyl groups excluding tert-OH is 1. The van der Waals surface area contributed by atoms with Gasteiger partial charge in [-0.1, -0.05) is 13.3 Å². The molecule has 102 valence electrons. The molecule has 0 saturated heterocycles. The van der Waals surface area contributed by atoms with Crippen molar-refractivity contribution in [1.82, 2.24) is 9.78 Å². The monoisotopic (exact) mass is 252 g/mol. The molecule has 0 radical (unpaired) electrons. The lowest BCUT2D eigenvalue weighted by molar-refractivity contribution is 0.253. The van der Waals surface area contributed by atoms with E-state index in [0.29, 0.717) is 0 Å². The Bertz CT molecular complexity index is 409. The Labute approximate surface area is 108 Å². The molecule has 0 atom stereocenters. The van der Waals surface area contributed by atoms with Crippen molar-refractivity contribution in [2.75, 3.05) is 24.2 Å². The minimum atomic E-state index is 0.267. The second kappa shape index (κ2) is 5.18. The van der Waals surface area contributed by atoms with Gasteiger partial charge in [0.2, 0.25) is 0 Å². The molecule has 1 aromatic heterocycles. The smallest absolute Gasteiger partial charge is 0.147 e. The van der Waals surface area contributed by atoms with E-state index < -0.39 is 0 Å². The highest BCUT2D eigenvalue weighted by Gasteiger charge is 2.41. The summed E-state index contributed by atoms with van der Waals surface area (Å²) in [5, 5.41) is 16.9. The van der Waals surface area contributed by atoms with Crippen LogP contribution >= 0.6 is 0 Å². The molecular formula is C13H24N4O. The van der Waals surface area contributed by atoms with E-state index in [1.165, 1.54) is 12.8 Å². The van der Waals surface area contributed by atoms with Crippen LogP contribution in [0.25, 0.3) is 0 Å². The molecule has 4 N–H and O–H groups in total. The van der Waals surface area contributed by atoms with E-state index in [-0.39, 0.29) is 12.0 Å². The zero-order valence-corrected chi connectivity index (χ0v) is 11.4. The van der Waals surface area contributed by atoms with E-state index >= 15 is 0 Å². The number of hydrogen-bond acceptors (Lipinski definition) is 4. The maximum Gasteiger partial charge on any atom is 0.147 e. The SMILES string of the molecule is CCCc1nn(C)c(NCC2(CCO)CC2)c1N. The average Bonchev–Trinajstić information content (AvgIpc) is 3.03. The molecule has 5 heteroatoms. The first kappa shape index (κ1) is 13.2. The lowest BCUT2D eigenvalue weighted by Gasteiger charge is -2.15. The number of nitrogens with zero attached hydrogens (tertiary/aromatic N) is 2. The van der Waals surface area contributed by atoms with E-state index in [2.05, 4.69) is 17.3 Å². The maximum atomic E-state index is 9.05. The van der Waals surface area contributed by atoms with Gasteiger partial charge in [0, 0.05) is 20.2 Å². The van der Waals surface area contributed by atoms with Crippen molar-refractivity contribution in [2.45, 2.75) is 39.0 Å². The van der Waals surface area contributed by atoms with Crippen molar-refractivity contribution >= 4 is 11.5 Å². The Morgan fingerprint density at radius 1 is 1.50 bits per heavy atom. The molecule has 1 aliphatic rings. The number of nitrogens with two attached hydrogens (primary N) is 1. The second-order valence-electron chi connectivity index (χ2n) is 5.41. The van der Waals surface area contributed by atoms with Crippen LogP contribution in [0.5, 0.6) is 0 Å². The van der Waals surface area contributed by atoms with Crippen molar-refractivity contribution in [3.05, 3.63) is 5.69 Å². The third-order valence-corrected chi connectivity index (χ3v) is 3.88. The number of rotatable bonds is 7. The van der Waals surface area contributed by atoms with Crippen LogP contribution in [0.15, 0.2) is 0 Å². The standard InChI is InChI=1S/C13H24N4O/c1-3-4-10-11(14)12(17(2)16-10)15-9-13(5-6-13)7-8-18/h15,18H,3-9,14H2,1-2H3. The fraction of sp³-hybridized carbons (Fsp3) is 0.769. The minimum Gasteiger partial charge on any atom is -0.396 e. The minimum absolute atomic E-state index is 0.267. The van der Waals surface area contributed by atoms with Crippen LogP contribution in [-0.4, -0.2) is 28.0 Å². The molecule has 5 nitrogen and oxygen atoms in total. The average molecular weight is 252 g/mol. The zero-order valence-electron chi connectivity index (χ0n) is 11.4. The molecule has 0 unspecified atom stereocenters. The molecule has 0 aliphatic heterocycles. The summed E-state index contributed by atoms with van der Waals surface area (Å²) in [7, 11) is 1.92. The Kier molecular flexibility index (Phi) is 3.80. The van der Waals surface area contributed by atoms with E-state index in [0.717, 1.165) is 43.0 Å². The van der Waals surface area contributed by atoms with Crippen molar-refractivity contribution in [3.63, 3.8) is 0 Å². The lowest BCUT2D eigenvalue weighted by Crippen LogP contribution is -2.18. The van der Waals surface area contributed by atoms with Crippen molar-refractivity contribution in [2.24, 2.45) is 12.5 Å². The maximum absolute atomic E-state index is 9.05. The predicted molar refractivity (Wildman–Crippen MR) is 73.5 cm³/mol. The van der Waals surface area contributed by atoms with Crippen LogP contribution in [0, 0.1) is 5.41 Å². The van der Waals surface area contributed by atoms with E-state index in [4.69, 9.17) is 10.8 Å². The Hall–Kier alpha value is -1.23. The van der Waals surface area contributed by atoms with Crippen LogP contribution in [-0.2, 0) is 13.5 Å². The van der Waals surface area contributed by atoms with Gasteiger partial charge in [-0.2, -0.15) is 5.10 Å². The van der Waals surface area contributed by atoms with Gasteiger partial charge in [0.15, 0.2) is 0 Å². The van der Waals surface area contributed by atoms with Gasteiger partial charge >= 0.3 is 0 Å². The van der Waals surface area contributed by atoms with Crippen molar-refractivity contribution < 1.29 is 5.11 Å². The van der Waals surface area contributed by atoms with Crippen molar-refractivity contribution in [3.8, 4) is 0 Å². The second-order valence-corrected chi connectivity index (χ2v) is 5.41. The highest BCUT2D eigenvalue weighted by Crippen LogP contribution is 2.48. The number of hydrogen-bond donors (Lipinski definition) is 3. The van der Waals surface area contributed by atoms with Crippen LogP contribution in [0.1, 0.15) is 38.3 Å². The van der Waals surface area contributed by atoms with Gasteiger partial charge in [-0.15, -0.1) is 0 Å². The number of nitrogens with one attached hydrogen (secondary N) is 1. The largest absolute Gasteiger partial charge is 0.396 e. The van der Waals surface area contributed by atoms with Gasteiger partial charge in [0.1, 0.15) is 5.82 Å². The molecular weight excluding hydrogens is 228 g/mol. The molecule has 1 aromatic rings. The summed E-state index contributed by atoms with van der Waals surface area (Å²) >= 11 is 0. The van der Waals surface area contributed by atoms with E-state index in [1.807, 2.05) is 11.7 Å². The number of nitrogen functional groups attached to an aromatic ring is 1. The summed E-state index contributed by atoms with van der Waals surface area (Å²) in [6, 6.07) is 0. The summed E-state index contributed by atoms with van der Waals surface area (Å²) in [4.78, 5) is 0. The Morgan fingerprint density at radius 3 is 2.78 bits per heavy atom. The quantitative estimate of drug-likeness (QED) is 0.688. The molecule has 0 bridgehead atoms. The molecule has 2 rings (SSSR count). The third kappa shape index (κ3) is 2.61. The number of anilines is 2. The first-order chi connectivity index (χ1) is 8.62. The van der Waals surface area contributed by atoms with Gasteiger partial charge in [-0.25, -0.2) is 0 Å². The Balaban J connectivity index is 2.01. The first-order valence-corrected chi connectivity index (χ1v) is 6.78. The van der Waals surface area contributed by atoms with E-state index in [1.54, 1.807) is 0 Å². The first-order valence-electron chi connectivity index (χ1n) is 6.78. The van der Waals surface area contributed by atoms with Gasteiger partial charge in [-0.3, -0.25) is 4.68 Å². The number of aromatic nitrogens is 2. The van der Waals surface area contributed by atoms with Gasteiger partial charge < -0.3 is 16.2 Å². The molecule has 18 heavy (non-hydrogen) atoms. The van der Waals surface area contributed by atoms with Crippen LogP contribution < -0.4 is 11.1 Å². The van der Waals surface area contributed by atoms with Crippen molar-refractivity contribution in [1.29, 1.82) is 0 Å². The molecule has 1 heterocycles. The third-order valence-electron chi connectivity index (χ3n) is 3.88. The van der Waals surface area contributed by atoms with Crippen LogP contribution in [0.2, 0.25) is 0 Å². The highest BCUT2D eigenvalue weighted by molar-refractivity contribution is 5.65. The summed E-state index contributed by atoms with van der Waals surface area (Å²) < 4.78 is 1.83. The fourth-order valence-corrected chi connectivity index (χ4v) is 2.43. The van der Waals surface area contributed by atoms with Crippen LogP contribution in [0.3, 0.4) is 0 Å². The molecule has 1 saturated carbocycles. The zero-order chi connectivity index (χ0) is 13.2. The van der Waals surface area contributed by atoms with Crippen LogP contribution in [0.4, 0.5) is 11.5 Å². The highest BCUT2D eigenvalue weighted by atomic mass is 16.3. The normalized spacial score (nSPS) is 16.8. The molecule has 1 fully saturated rings. The molecule has 0 aromatic carbocycles. The van der Waals surface area contributed by atoms with Gasteiger partial charge in [-0.05, 0) is 31.1 Å². The predicted octanol–water partition coefficient (Wildman–Crippen LogP) is 1.53. The summed E-state index contributed by atoms with van der Waals surface area (Å²) in [5.41, 5.74) is 8.16. The summed E-state index contributed by atoms with van der Waals surface area (Å²) in [5.74, 6) is 0.919. The fourth-order valence-electron chi connectivity index (χ4n) is 2.43. The summed E-state index contributed by atoms with van der Waals surface area (Å²) in [6.45, 7) is 3.27. The topological polar surface area (TPSA) is 76.1 Å². The van der Waals surface area contributed by atoms with Gasteiger partial charge in [0.25, 0.3) is 0 Å².